The topological polar surface area (TPSA) is 0 Å². The van der Waals surface area contributed by atoms with E-state index in [1.807, 2.05) is 0 Å². The van der Waals surface area contributed by atoms with Crippen LogP contribution < -0.4 is 0 Å². The van der Waals surface area contributed by atoms with Gasteiger partial charge in [0.05, 0.1) is 6.67 Å². The second-order valence-electron chi connectivity index (χ2n) is 0.563. The molecule has 0 radical (unpaired) electrons. The molecule has 0 aliphatic carbocycles. The Labute approximate surface area is 27.0 Å². The van der Waals surface area contributed by atoms with Crippen LogP contribution in [0.1, 0.15) is 14.7 Å². The van der Waals surface area contributed by atoms with E-state index in [2.05, 4.69) is 0 Å². The van der Waals surface area contributed by atoms with Crippen molar-refractivity contribution in [2.75, 3.05) is 6.67 Å². The lowest BCUT2D eigenvalue weighted by Gasteiger charge is -1.64. The number of hydrogen-bond acceptors (Lipinski definition) is 0. The van der Waals surface area contributed by atoms with Gasteiger partial charge in [0, 0.05) is 1.37 Å². The summed E-state index contributed by atoms with van der Waals surface area (Å²) in [6, 6.07) is 0. The molecule has 0 rings (SSSR count). The summed E-state index contributed by atoms with van der Waals surface area (Å²) in [7, 11) is 0. The normalized spacial score (nSPS) is 19.0. The van der Waals surface area contributed by atoms with Crippen LogP contribution in [0.15, 0.2) is 0 Å². The van der Waals surface area contributed by atoms with Crippen LogP contribution in [0, 0.1) is 0 Å². The number of alkyl halides is 1. The average Bonchev–Trinajstić information content (AvgIpc) is 1.38. The molecule has 0 aromatic rings. The summed E-state index contributed by atoms with van der Waals surface area (Å²) in [5.41, 5.74) is 0. The van der Waals surface area contributed by atoms with Gasteiger partial charge in [-0.1, -0.05) is 6.92 Å². The molecule has 0 fully saturated rings. The Morgan fingerprint density at radius 1 is 2.25 bits per heavy atom. The van der Waals surface area contributed by atoms with Crippen LogP contribution in [0.25, 0.3) is 0 Å². The van der Waals surface area contributed by atoms with Crippen molar-refractivity contribution in [2.45, 2.75) is 13.3 Å². The smallest absolute Gasteiger partial charge is 0.0891 e. The highest BCUT2D eigenvalue weighted by molar-refractivity contribution is 4.11. The lowest BCUT2D eigenvalue weighted by molar-refractivity contribution is 0.487. The maximum absolute atomic E-state index is 10.9. The van der Waals surface area contributed by atoms with Gasteiger partial charge in [0.15, 0.2) is 0 Å². The first-order valence-electron chi connectivity index (χ1n) is 1.83. The van der Waals surface area contributed by atoms with E-state index in [-0.39, 0.29) is 0 Å². The molecule has 1 heteroatoms. The summed E-state index contributed by atoms with van der Waals surface area (Å²) in [6.07, 6.45) is -0.532. The highest BCUT2D eigenvalue weighted by atomic mass is 19.1. The van der Waals surface area contributed by atoms with Crippen molar-refractivity contribution in [3.63, 3.8) is 0 Å². The molecule has 0 bridgehead atoms. The first-order chi connectivity index (χ1) is 2.27. The van der Waals surface area contributed by atoms with Gasteiger partial charge >= 0.3 is 0 Å². The van der Waals surface area contributed by atoms with E-state index in [1.54, 1.807) is 0 Å². The van der Waals surface area contributed by atoms with Crippen LogP contribution in [-0.4, -0.2) is 6.67 Å². The molecule has 0 nitrogen and oxygen atoms in total. The fourth-order valence-electron chi connectivity index (χ4n) is 0. The third-order valence-electron chi connectivity index (χ3n) is 0.154. The Morgan fingerprint density at radius 2 is 2.50 bits per heavy atom. The molecule has 0 N–H and O–H groups in total. The van der Waals surface area contributed by atoms with Crippen LogP contribution >= 0.6 is 0 Å². The molecule has 0 heterocycles. The third kappa shape index (κ3) is 1.93. The molecule has 1 atom stereocenters. The summed E-state index contributed by atoms with van der Waals surface area (Å²) < 4.78 is 17.4. The zero-order valence-electron chi connectivity index (χ0n) is 3.66. The van der Waals surface area contributed by atoms with Crippen LogP contribution in [0.2, 0.25) is 0 Å². The molecule has 0 spiro atoms. The Bertz CT molecular complexity index is 20.9. The molecule has 0 aromatic heterocycles. The fraction of sp³-hybridized carbons (Fsp3) is 1.00. The van der Waals surface area contributed by atoms with Gasteiger partial charge in [0.25, 0.3) is 0 Å². The van der Waals surface area contributed by atoms with Crippen molar-refractivity contribution in [1.29, 1.82) is 0 Å². The van der Waals surface area contributed by atoms with Crippen molar-refractivity contribution >= 4 is 0 Å². The Kier molecular flexibility index (Phi) is 1.60. The summed E-state index contributed by atoms with van der Waals surface area (Å²) in [4.78, 5) is 0. The van der Waals surface area contributed by atoms with E-state index in [9.17, 15) is 4.39 Å². The van der Waals surface area contributed by atoms with Gasteiger partial charge < -0.3 is 0 Å². The van der Waals surface area contributed by atoms with Gasteiger partial charge in [0.2, 0.25) is 0 Å². The SMILES string of the molecule is [2H]C(C)CF. The van der Waals surface area contributed by atoms with E-state index in [4.69, 9.17) is 1.37 Å². The highest BCUT2D eigenvalue weighted by Gasteiger charge is 1.60. The van der Waals surface area contributed by atoms with Crippen LogP contribution in [0.4, 0.5) is 4.39 Å². The Morgan fingerprint density at radius 3 is 2.50 bits per heavy atom. The second kappa shape index (κ2) is 2.93. The predicted octanol–water partition coefficient (Wildman–Crippen LogP) is 1.37. The lowest BCUT2D eigenvalue weighted by Crippen LogP contribution is -1.58. The number of hydrogen-bond donors (Lipinski definition) is 0. The first-order valence-corrected chi connectivity index (χ1v) is 1.25. The van der Waals surface area contributed by atoms with Crippen molar-refractivity contribution in [3.8, 4) is 0 Å². The third-order valence-corrected chi connectivity index (χ3v) is 0.154. The van der Waals surface area contributed by atoms with E-state index in [1.165, 1.54) is 6.92 Å². The van der Waals surface area contributed by atoms with Crippen LogP contribution in [0.3, 0.4) is 0 Å². The zero-order chi connectivity index (χ0) is 4.28. The largest absolute Gasteiger partial charge is 0.251 e. The molecule has 26 valence electrons. The minimum atomic E-state index is -0.532. The van der Waals surface area contributed by atoms with E-state index in [0.717, 1.165) is 0 Å². The Balaban J connectivity index is 2.54. The van der Waals surface area contributed by atoms with Crippen LogP contribution in [0.5, 0.6) is 0 Å². The molecule has 0 aromatic carbocycles. The summed E-state index contributed by atoms with van der Waals surface area (Å²) in [5, 5.41) is 0. The minimum Gasteiger partial charge on any atom is -0.251 e. The first kappa shape index (κ1) is 2.18. The summed E-state index contributed by atoms with van der Waals surface area (Å²) in [5.74, 6) is 0. The van der Waals surface area contributed by atoms with Gasteiger partial charge in [-0.05, 0) is 6.40 Å². The molecule has 1 unspecified atom stereocenters. The molecular formula is C3H7F. The van der Waals surface area contributed by atoms with Gasteiger partial charge in [-0.3, -0.25) is 4.39 Å². The maximum atomic E-state index is 10.9. The minimum absolute atomic E-state index is 0.528. The zero-order valence-corrected chi connectivity index (χ0v) is 2.66. The maximum Gasteiger partial charge on any atom is 0.0891 e. The number of rotatable bonds is 1. The monoisotopic (exact) mass is 63.1 g/mol. The second-order valence-corrected chi connectivity index (χ2v) is 0.563. The van der Waals surface area contributed by atoms with Crippen molar-refractivity contribution in [3.05, 3.63) is 0 Å². The molecule has 0 aliphatic rings. The van der Waals surface area contributed by atoms with E-state index < -0.39 is 13.1 Å². The Hall–Kier alpha value is -0.0700. The lowest BCUT2D eigenvalue weighted by atomic mass is 10.6. The number of halogens is 1. The van der Waals surface area contributed by atoms with Gasteiger partial charge in [-0.15, -0.1) is 0 Å². The van der Waals surface area contributed by atoms with Crippen molar-refractivity contribution in [1.82, 2.24) is 0 Å². The molecule has 0 saturated heterocycles. The standard InChI is InChI=1S/C3H7F/c1-2-3-4/h2-3H2,1H3/i2D. The van der Waals surface area contributed by atoms with Gasteiger partial charge in [-0.25, -0.2) is 0 Å². The van der Waals surface area contributed by atoms with Gasteiger partial charge in [-0.2, -0.15) is 0 Å². The molecular weight excluding hydrogens is 55.0 g/mol. The highest BCUT2D eigenvalue weighted by Crippen LogP contribution is 1.69. The van der Waals surface area contributed by atoms with Gasteiger partial charge in [0.1, 0.15) is 0 Å². The molecule has 0 amide bonds. The summed E-state index contributed by atoms with van der Waals surface area (Å²) >= 11 is 0. The molecule has 0 saturated carbocycles. The van der Waals surface area contributed by atoms with E-state index >= 15 is 0 Å². The predicted molar refractivity (Wildman–Crippen MR) is 16.3 cm³/mol. The van der Waals surface area contributed by atoms with E-state index in [0.29, 0.717) is 0 Å². The molecule has 0 aliphatic heterocycles. The quantitative estimate of drug-likeness (QED) is 0.431. The van der Waals surface area contributed by atoms with Crippen molar-refractivity contribution in [2.24, 2.45) is 0 Å². The fourth-order valence-corrected chi connectivity index (χ4v) is 0. The molecule has 4 heavy (non-hydrogen) atoms. The average molecular weight is 63.1 g/mol. The van der Waals surface area contributed by atoms with Crippen LogP contribution in [-0.2, 0) is 0 Å². The summed E-state index contributed by atoms with van der Waals surface area (Å²) in [6.45, 7) is 0.986. The van der Waals surface area contributed by atoms with Crippen molar-refractivity contribution < 1.29 is 5.76 Å².